The van der Waals surface area contributed by atoms with Crippen molar-refractivity contribution >= 4 is 6.08 Å². The first kappa shape index (κ1) is 16.0. The van der Waals surface area contributed by atoms with Gasteiger partial charge < -0.3 is 4.84 Å². The fourth-order valence-electron chi connectivity index (χ4n) is 2.36. The minimum Gasteiger partial charge on any atom is -0.411 e. The van der Waals surface area contributed by atoms with E-state index in [2.05, 4.69) is 39.7 Å². The van der Waals surface area contributed by atoms with Crippen LogP contribution in [-0.2, 0) is 5.41 Å². The second-order valence-electron chi connectivity index (χ2n) is 5.24. The molecule has 106 valence electrons. The zero-order valence-electron chi connectivity index (χ0n) is 12.6. The predicted molar refractivity (Wildman–Crippen MR) is 87.6 cm³/mol. The average Bonchev–Trinajstić information content (AvgIpc) is 2.43. The summed E-state index contributed by atoms with van der Waals surface area (Å²) in [5, 5.41) is 0. The van der Waals surface area contributed by atoms with Crippen molar-refractivity contribution in [1.82, 2.24) is 0 Å². The molecule has 0 saturated heterocycles. The van der Waals surface area contributed by atoms with Crippen LogP contribution in [0.25, 0.3) is 6.08 Å². The lowest BCUT2D eigenvalue weighted by molar-refractivity contribution is 0.325. The van der Waals surface area contributed by atoms with Gasteiger partial charge >= 0.3 is 0 Å². The summed E-state index contributed by atoms with van der Waals surface area (Å²) in [4.78, 5) is 5.12. The van der Waals surface area contributed by atoms with Crippen LogP contribution in [0.4, 0.5) is 0 Å². The largest absolute Gasteiger partial charge is 0.411 e. The van der Waals surface area contributed by atoms with Crippen molar-refractivity contribution in [2.45, 2.75) is 26.2 Å². The number of allylic oxidation sites excluding steroid dienone is 4. The highest BCUT2D eigenvalue weighted by molar-refractivity contribution is 5.63. The monoisotopic (exact) mass is 269 g/mol. The Bertz CT molecular complexity index is 565. The van der Waals surface area contributed by atoms with E-state index in [0.29, 0.717) is 5.75 Å². The number of nitrogens with two attached hydrogens (primary N) is 1. The van der Waals surface area contributed by atoms with Gasteiger partial charge in [0.2, 0.25) is 0 Å². The van der Waals surface area contributed by atoms with Crippen LogP contribution in [0.1, 0.15) is 30.5 Å². The number of hydrogen-bond acceptors (Lipinski definition) is 2. The molecular formula is C18H23NO. The molecule has 0 bridgehead atoms. The Balaban J connectivity index is 3.63. The molecule has 0 atom stereocenters. The number of aryl methyl sites for hydroxylation is 1. The van der Waals surface area contributed by atoms with Crippen molar-refractivity contribution in [1.29, 1.82) is 0 Å². The van der Waals surface area contributed by atoms with E-state index in [4.69, 9.17) is 10.7 Å². The molecule has 0 amide bonds. The van der Waals surface area contributed by atoms with Gasteiger partial charge in [0.25, 0.3) is 0 Å². The van der Waals surface area contributed by atoms with Crippen molar-refractivity contribution in [2.75, 3.05) is 0 Å². The maximum Gasteiger partial charge on any atom is 0.158 e. The summed E-state index contributed by atoms with van der Waals surface area (Å²) in [5.41, 5.74) is 3.77. The summed E-state index contributed by atoms with van der Waals surface area (Å²) in [6.07, 6.45) is 7.28. The van der Waals surface area contributed by atoms with E-state index in [1.807, 2.05) is 25.1 Å². The third-order valence-electron chi connectivity index (χ3n) is 3.51. The molecule has 0 aliphatic carbocycles. The van der Waals surface area contributed by atoms with E-state index < -0.39 is 0 Å². The lowest BCUT2D eigenvalue weighted by Crippen LogP contribution is -2.22. The topological polar surface area (TPSA) is 35.2 Å². The van der Waals surface area contributed by atoms with Crippen molar-refractivity contribution in [2.24, 2.45) is 5.90 Å². The molecular weight excluding hydrogens is 246 g/mol. The highest BCUT2D eigenvalue weighted by Gasteiger charge is 2.28. The van der Waals surface area contributed by atoms with Crippen LogP contribution in [0.15, 0.2) is 55.7 Å². The Kier molecular flexibility index (Phi) is 5.12. The Labute approximate surface area is 121 Å². The van der Waals surface area contributed by atoms with Crippen molar-refractivity contribution in [3.63, 3.8) is 0 Å². The van der Waals surface area contributed by atoms with Crippen molar-refractivity contribution in [3.05, 3.63) is 72.4 Å². The molecule has 0 unspecified atom stereocenters. The van der Waals surface area contributed by atoms with E-state index in [1.165, 1.54) is 0 Å². The highest BCUT2D eigenvalue weighted by atomic mass is 16.6. The molecule has 0 aliphatic heterocycles. The SMILES string of the molecule is C=C/C=C(\C=C)C(C)(C)c1cc(C)cc(C=C)c1ON. The van der Waals surface area contributed by atoms with E-state index in [1.54, 1.807) is 12.2 Å². The second kappa shape index (κ2) is 6.40. The first-order chi connectivity index (χ1) is 9.42. The first-order valence-electron chi connectivity index (χ1n) is 6.52. The Morgan fingerprint density at radius 2 is 1.90 bits per heavy atom. The maximum absolute atomic E-state index is 5.48. The highest BCUT2D eigenvalue weighted by Crippen LogP contribution is 2.40. The van der Waals surface area contributed by atoms with Crippen LogP contribution in [0.2, 0.25) is 0 Å². The van der Waals surface area contributed by atoms with Gasteiger partial charge in [-0.2, -0.15) is 5.90 Å². The Morgan fingerprint density at radius 3 is 2.35 bits per heavy atom. The smallest absolute Gasteiger partial charge is 0.158 e. The fraction of sp³-hybridized carbons (Fsp3) is 0.222. The van der Waals surface area contributed by atoms with Crippen LogP contribution >= 0.6 is 0 Å². The summed E-state index contributed by atoms with van der Waals surface area (Å²) < 4.78 is 0. The van der Waals surface area contributed by atoms with Gasteiger partial charge in [0.1, 0.15) is 0 Å². The summed E-state index contributed by atoms with van der Waals surface area (Å²) in [7, 11) is 0. The lowest BCUT2D eigenvalue weighted by Gasteiger charge is -2.29. The minimum absolute atomic E-state index is 0.297. The molecule has 2 heteroatoms. The number of rotatable bonds is 6. The van der Waals surface area contributed by atoms with E-state index in [-0.39, 0.29) is 5.41 Å². The summed E-state index contributed by atoms with van der Waals surface area (Å²) >= 11 is 0. The average molecular weight is 269 g/mol. The lowest BCUT2D eigenvalue weighted by atomic mass is 9.75. The predicted octanol–water partition coefficient (Wildman–Crippen LogP) is 4.47. The van der Waals surface area contributed by atoms with Gasteiger partial charge in [0.05, 0.1) is 0 Å². The molecule has 0 spiro atoms. The van der Waals surface area contributed by atoms with Crippen LogP contribution in [0, 0.1) is 6.92 Å². The van der Waals surface area contributed by atoms with Crippen molar-refractivity contribution in [3.8, 4) is 5.75 Å². The molecule has 0 aromatic heterocycles. The fourth-order valence-corrected chi connectivity index (χ4v) is 2.36. The molecule has 0 radical (unpaired) electrons. The molecule has 1 aromatic rings. The van der Waals surface area contributed by atoms with Crippen LogP contribution in [-0.4, -0.2) is 0 Å². The second-order valence-corrected chi connectivity index (χ2v) is 5.24. The molecule has 1 rings (SSSR count). The standard InChI is InChI=1S/C18H23NO/c1-7-10-15(9-3)18(5,6)16-12-13(4)11-14(8-2)17(16)20-19/h7-12H,1-3,19H2,4-6H3/b15-10+. The normalized spacial score (nSPS) is 11.9. The van der Waals surface area contributed by atoms with Crippen LogP contribution in [0.5, 0.6) is 5.75 Å². The number of hydrogen-bond donors (Lipinski definition) is 1. The molecule has 2 N–H and O–H groups in total. The summed E-state index contributed by atoms with van der Waals surface area (Å²) in [6.45, 7) is 17.7. The molecule has 20 heavy (non-hydrogen) atoms. The van der Waals surface area contributed by atoms with Gasteiger partial charge in [-0.3, -0.25) is 0 Å². The van der Waals surface area contributed by atoms with Gasteiger partial charge in [-0.15, -0.1) is 0 Å². The van der Waals surface area contributed by atoms with Gasteiger partial charge in [-0.05, 0) is 24.1 Å². The Morgan fingerprint density at radius 1 is 1.25 bits per heavy atom. The van der Waals surface area contributed by atoms with Crippen molar-refractivity contribution < 1.29 is 4.84 Å². The molecule has 0 aliphatic rings. The zero-order valence-corrected chi connectivity index (χ0v) is 12.6. The van der Waals surface area contributed by atoms with Gasteiger partial charge in [0.15, 0.2) is 5.75 Å². The molecule has 0 fully saturated rings. The molecule has 0 saturated carbocycles. The van der Waals surface area contributed by atoms with Gasteiger partial charge in [-0.1, -0.05) is 64.0 Å². The third-order valence-corrected chi connectivity index (χ3v) is 3.51. The summed E-state index contributed by atoms with van der Waals surface area (Å²) in [6, 6.07) is 4.08. The number of benzene rings is 1. The van der Waals surface area contributed by atoms with E-state index >= 15 is 0 Å². The third kappa shape index (κ3) is 2.91. The van der Waals surface area contributed by atoms with Crippen LogP contribution < -0.4 is 10.7 Å². The quantitative estimate of drug-likeness (QED) is 0.611. The molecule has 0 heterocycles. The van der Waals surface area contributed by atoms with E-state index in [9.17, 15) is 0 Å². The minimum atomic E-state index is -0.297. The van der Waals surface area contributed by atoms with Gasteiger partial charge in [0, 0.05) is 16.5 Å². The van der Waals surface area contributed by atoms with Crippen LogP contribution in [0.3, 0.4) is 0 Å². The first-order valence-corrected chi connectivity index (χ1v) is 6.52. The maximum atomic E-state index is 5.48. The molecule has 2 nitrogen and oxygen atoms in total. The Hall–Kier alpha value is -2.06. The summed E-state index contributed by atoms with van der Waals surface area (Å²) in [5.74, 6) is 6.12. The van der Waals surface area contributed by atoms with Gasteiger partial charge in [-0.25, -0.2) is 0 Å². The van der Waals surface area contributed by atoms with E-state index in [0.717, 1.165) is 22.3 Å². The zero-order chi connectivity index (χ0) is 15.3. The molecule has 1 aromatic carbocycles.